The van der Waals surface area contributed by atoms with Gasteiger partial charge in [-0.25, -0.2) is 13.8 Å². The lowest BCUT2D eigenvalue weighted by molar-refractivity contribution is 0.113. The van der Waals surface area contributed by atoms with Gasteiger partial charge in [-0.15, -0.1) is 5.10 Å². The Labute approximate surface area is 156 Å². The van der Waals surface area contributed by atoms with Crippen LogP contribution >= 0.6 is 23.5 Å². The number of fused-ring (bicyclic) bond motifs is 1. The number of aliphatic hydroxyl groups excluding tert-OH is 1. The highest BCUT2D eigenvalue weighted by molar-refractivity contribution is 7.96. The predicted octanol–water partition coefficient (Wildman–Crippen LogP) is 2.68. The number of nitriles is 1. The van der Waals surface area contributed by atoms with E-state index in [1.54, 1.807) is 16.5 Å². The van der Waals surface area contributed by atoms with Crippen LogP contribution in [0, 0.1) is 11.3 Å². The second-order valence-electron chi connectivity index (χ2n) is 6.12. The normalized spacial score (nSPS) is 18.0. The van der Waals surface area contributed by atoms with E-state index in [0.29, 0.717) is 16.1 Å². The van der Waals surface area contributed by atoms with Gasteiger partial charge in [-0.2, -0.15) is 5.26 Å². The van der Waals surface area contributed by atoms with Gasteiger partial charge in [0.15, 0.2) is 0 Å². The van der Waals surface area contributed by atoms with Gasteiger partial charge >= 0.3 is 0 Å². The molecule has 25 heavy (non-hydrogen) atoms. The molecular formula is C16H23ClN6OS. The van der Waals surface area contributed by atoms with Crippen molar-refractivity contribution in [1.29, 1.82) is 5.26 Å². The fourth-order valence-corrected chi connectivity index (χ4v) is 3.67. The molecule has 1 saturated heterocycles. The Morgan fingerprint density at radius 1 is 1.52 bits per heavy atom. The first-order valence-electron chi connectivity index (χ1n) is 8.08. The van der Waals surface area contributed by atoms with Crippen LogP contribution in [-0.4, -0.2) is 49.5 Å². The number of β-amino-alcohol motifs (C(OH)–C–C–N with tert-alkyl or cyclic N) is 1. The predicted molar refractivity (Wildman–Crippen MR) is 102 cm³/mol. The molecule has 0 aliphatic carbocycles. The van der Waals surface area contributed by atoms with E-state index in [1.807, 2.05) is 13.8 Å². The molecule has 3 N–H and O–H groups in total. The first-order chi connectivity index (χ1) is 11.9. The van der Waals surface area contributed by atoms with E-state index in [2.05, 4.69) is 26.7 Å². The molecule has 136 valence electrons. The van der Waals surface area contributed by atoms with Gasteiger partial charge in [-0.05, 0) is 25.0 Å². The molecule has 7 nitrogen and oxygen atoms in total. The third-order valence-electron chi connectivity index (χ3n) is 3.95. The molecule has 3 heterocycles. The third kappa shape index (κ3) is 4.55. The summed E-state index contributed by atoms with van der Waals surface area (Å²) in [4.78, 5) is 3.87. The van der Waals surface area contributed by atoms with Crippen LogP contribution in [-0.2, 0) is 0 Å². The molecule has 9 heteroatoms. The van der Waals surface area contributed by atoms with Crippen molar-refractivity contribution in [3.63, 3.8) is 0 Å². The van der Waals surface area contributed by atoms with Gasteiger partial charge in [-0.1, -0.05) is 37.4 Å². The summed E-state index contributed by atoms with van der Waals surface area (Å²) >= 11 is 7.82. The average molecular weight is 383 g/mol. The maximum Gasteiger partial charge on any atom is 0.238 e. The molecule has 3 rings (SSSR count). The Hall–Kier alpha value is -1.53. The zero-order valence-electron chi connectivity index (χ0n) is 14.6. The number of aromatic nitrogens is 3. The van der Waals surface area contributed by atoms with Gasteiger partial charge in [0.25, 0.3) is 0 Å². The minimum atomic E-state index is -0.0776. The van der Waals surface area contributed by atoms with Crippen LogP contribution in [0.25, 0.3) is 5.52 Å². The number of nitrogen functional groups attached to an aromatic ring is 1. The zero-order chi connectivity index (χ0) is 18.6. The van der Waals surface area contributed by atoms with Crippen molar-refractivity contribution in [2.24, 2.45) is 0 Å². The van der Waals surface area contributed by atoms with Crippen molar-refractivity contribution >= 4 is 35.0 Å². The molecule has 0 saturated carbocycles. The minimum Gasteiger partial charge on any atom is -0.392 e. The molecule has 2 aromatic rings. The Morgan fingerprint density at radius 2 is 2.24 bits per heavy atom. The topological polar surface area (TPSA) is 103 Å². The van der Waals surface area contributed by atoms with Crippen molar-refractivity contribution in [2.45, 2.75) is 38.7 Å². The molecule has 1 fully saturated rings. The lowest BCUT2D eigenvalue weighted by atomic mass is 10.1. The van der Waals surface area contributed by atoms with Crippen LogP contribution < -0.4 is 5.73 Å². The van der Waals surface area contributed by atoms with E-state index in [4.69, 9.17) is 27.7 Å². The molecule has 0 spiro atoms. The summed E-state index contributed by atoms with van der Waals surface area (Å²) in [7, 11) is 0. The Morgan fingerprint density at radius 3 is 2.76 bits per heavy atom. The van der Waals surface area contributed by atoms with Gasteiger partial charge in [0, 0.05) is 13.1 Å². The summed E-state index contributed by atoms with van der Waals surface area (Å²) < 4.78 is 3.79. The molecule has 0 aromatic carbocycles. The summed E-state index contributed by atoms with van der Waals surface area (Å²) in [5, 5.41) is 22.7. The van der Waals surface area contributed by atoms with Gasteiger partial charge in [-0.3, -0.25) is 0 Å². The SMILES string of the molecule is CC(C)c1c(C#N)c(Cl)c2cnc(N)nn12.CSN1CCCC(O)C1. The lowest BCUT2D eigenvalue weighted by Crippen LogP contribution is -2.33. The Kier molecular flexibility index (Phi) is 6.90. The van der Waals surface area contributed by atoms with Crippen molar-refractivity contribution in [3.8, 4) is 6.07 Å². The highest BCUT2D eigenvalue weighted by Crippen LogP contribution is 2.31. The molecule has 1 aliphatic heterocycles. The van der Waals surface area contributed by atoms with Gasteiger partial charge in [0.05, 0.1) is 28.6 Å². The summed E-state index contributed by atoms with van der Waals surface area (Å²) in [6, 6.07) is 2.09. The summed E-state index contributed by atoms with van der Waals surface area (Å²) in [6.45, 7) is 5.92. The zero-order valence-corrected chi connectivity index (χ0v) is 16.2. The highest BCUT2D eigenvalue weighted by Gasteiger charge is 2.20. The van der Waals surface area contributed by atoms with Crippen LogP contribution in [0.3, 0.4) is 0 Å². The fraction of sp³-hybridized carbons (Fsp3) is 0.562. The van der Waals surface area contributed by atoms with Crippen LogP contribution in [0.4, 0.5) is 5.95 Å². The van der Waals surface area contributed by atoms with Crippen LogP contribution in [0.15, 0.2) is 6.20 Å². The second kappa shape index (κ2) is 8.72. The minimum absolute atomic E-state index is 0.0776. The first kappa shape index (κ1) is 19.8. The van der Waals surface area contributed by atoms with Gasteiger partial charge in [0.1, 0.15) is 11.6 Å². The number of piperidine rings is 1. The number of aliphatic hydroxyl groups is 1. The number of halogens is 1. The quantitative estimate of drug-likeness (QED) is 0.769. The van der Waals surface area contributed by atoms with Crippen molar-refractivity contribution in [2.75, 3.05) is 25.1 Å². The van der Waals surface area contributed by atoms with Crippen molar-refractivity contribution < 1.29 is 5.11 Å². The van der Waals surface area contributed by atoms with Gasteiger partial charge in [0.2, 0.25) is 5.95 Å². The van der Waals surface area contributed by atoms with E-state index >= 15 is 0 Å². The van der Waals surface area contributed by atoms with E-state index < -0.39 is 0 Å². The first-order valence-corrected chi connectivity index (χ1v) is 9.64. The molecule has 1 unspecified atom stereocenters. The Balaban J connectivity index is 0.000000212. The van der Waals surface area contributed by atoms with E-state index in [1.165, 1.54) is 6.20 Å². The second-order valence-corrected chi connectivity index (χ2v) is 7.38. The van der Waals surface area contributed by atoms with Crippen molar-refractivity contribution in [3.05, 3.63) is 22.5 Å². The van der Waals surface area contributed by atoms with E-state index in [-0.39, 0.29) is 18.0 Å². The number of nitrogens with zero attached hydrogens (tertiary/aromatic N) is 5. The smallest absolute Gasteiger partial charge is 0.238 e. The lowest BCUT2D eigenvalue weighted by Gasteiger charge is -2.27. The molecule has 2 aromatic heterocycles. The standard InChI is InChI=1S/C10H10ClN5.C6H13NOS/c1-5(2)9-6(3-12)8(11)7-4-14-10(13)15-16(7)9;1-9-7-4-2-3-6(8)5-7/h4-5H,1-2H3,(H2,13,15);6,8H,2-5H2,1H3. The summed E-state index contributed by atoms with van der Waals surface area (Å²) in [5.74, 6) is 0.287. The van der Waals surface area contributed by atoms with Crippen molar-refractivity contribution in [1.82, 2.24) is 18.9 Å². The van der Waals surface area contributed by atoms with Crippen LogP contribution in [0.2, 0.25) is 5.02 Å². The average Bonchev–Trinajstić information content (AvgIpc) is 2.86. The number of hydrogen-bond acceptors (Lipinski definition) is 7. The van der Waals surface area contributed by atoms with E-state index in [0.717, 1.165) is 31.6 Å². The summed E-state index contributed by atoms with van der Waals surface area (Å²) in [5.41, 5.74) is 7.33. The number of anilines is 1. The molecule has 1 aliphatic rings. The molecular weight excluding hydrogens is 360 g/mol. The molecule has 0 bridgehead atoms. The third-order valence-corrected chi connectivity index (χ3v) is 5.19. The number of nitrogens with two attached hydrogens (primary N) is 1. The molecule has 0 radical (unpaired) electrons. The fourth-order valence-electron chi connectivity index (χ4n) is 2.77. The van der Waals surface area contributed by atoms with Crippen LogP contribution in [0.5, 0.6) is 0 Å². The largest absolute Gasteiger partial charge is 0.392 e. The molecule has 0 amide bonds. The monoisotopic (exact) mass is 382 g/mol. The van der Waals surface area contributed by atoms with Gasteiger partial charge < -0.3 is 10.8 Å². The maximum absolute atomic E-state index is 9.16. The van der Waals surface area contributed by atoms with E-state index in [9.17, 15) is 0 Å². The Bertz CT molecular complexity index is 772. The summed E-state index contributed by atoms with van der Waals surface area (Å²) in [6.07, 6.45) is 5.63. The van der Waals surface area contributed by atoms with Crippen LogP contribution in [0.1, 0.15) is 43.9 Å². The maximum atomic E-state index is 9.16. The number of hydrogen-bond donors (Lipinski definition) is 2. The highest BCUT2D eigenvalue weighted by atomic mass is 35.5. The number of rotatable bonds is 2. The molecule has 1 atom stereocenters.